The Kier molecular flexibility index (Phi) is 12.7. The molecule has 0 aliphatic carbocycles. The number of halogens is 1. The van der Waals surface area contributed by atoms with Gasteiger partial charge in [0.25, 0.3) is 0 Å². The predicted molar refractivity (Wildman–Crippen MR) is 178 cm³/mol. The highest BCUT2D eigenvalue weighted by Crippen LogP contribution is 2.37. The number of hydrogen-bond acceptors (Lipinski definition) is 10. The lowest BCUT2D eigenvalue weighted by Crippen LogP contribution is -2.55. The second-order valence-corrected chi connectivity index (χ2v) is 12.6. The summed E-state index contributed by atoms with van der Waals surface area (Å²) < 4.78 is 33.6. The molecule has 0 amide bonds. The molecule has 2 aromatic heterocycles. The van der Waals surface area contributed by atoms with Crippen molar-refractivity contribution in [3.05, 3.63) is 48.5 Å². The zero-order valence-corrected chi connectivity index (χ0v) is 27.9. The van der Waals surface area contributed by atoms with Gasteiger partial charge in [-0.3, -0.25) is 9.38 Å². The summed E-state index contributed by atoms with van der Waals surface area (Å²) >= 11 is 2.23. The van der Waals surface area contributed by atoms with Crippen LogP contribution in [0.4, 0.5) is 5.82 Å². The molecule has 1 aliphatic heterocycles. The highest BCUT2D eigenvalue weighted by molar-refractivity contribution is 14.1. The monoisotopic (exact) mass is 702 g/mol. The summed E-state index contributed by atoms with van der Waals surface area (Å²) in [5.74, 6) is 3.28. The molecule has 4 unspecified atom stereocenters. The van der Waals surface area contributed by atoms with Crippen molar-refractivity contribution in [3.8, 4) is 12.3 Å². The van der Waals surface area contributed by atoms with Crippen LogP contribution in [-0.2, 0) is 30.0 Å². The summed E-state index contributed by atoms with van der Waals surface area (Å²) in [6.45, 7) is 11.7. The van der Waals surface area contributed by atoms with Gasteiger partial charge in [-0.25, -0.2) is 15.0 Å². The molecular formula is C29H41B2IN6O5. The largest absolute Gasteiger partial charge is 0.558 e. The van der Waals surface area contributed by atoms with Crippen LogP contribution in [-0.4, -0.2) is 87.1 Å². The van der Waals surface area contributed by atoms with E-state index in [1.807, 2.05) is 29.6 Å². The average molecular weight is 702 g/mol. The Morgan fingerprint density at radius 3 is 2.51 bits per heavy atom. The van der Waals surface area contributed by atoms with Crippen molar-refractivity contribution in [1.29, 1.82) is 0 Å². The molecule has 43 heavy (non-hydrogen) atoms. The first kappa shape index (κ1) is 33.6. The SMILES string of the molecule is C#CCCOB(OC1C(COB(C)I)OC(n2cnc3c(NCc4ccccc4)ncnc32)C1OC)N(C(C)C)C(C)C. The van der Waals surface area contributed by atoms with E-state index in [4.69, 9.17) is 29.9 Å². The van der Waals surface area contributed by atoms with E-state index in [0.717, 1.165) is 5.56 Å². The third kappa shape index (κ3) is 8.48. The van der Waals surface area contributed by atoms with Crippen LogP contribution >= 0.6 is 22.4 Å². The number of benzene rings is 1. The molecular weight excluding hydrogens is 661 g/mol. The first-order valence-electron chi connectivity index (χ1n) is 14.6. The number of rotatable bonds is 16. The molecule has 14 heteroatoms. The van der Waals surface area contributed by atoms with Gasteiger partial charge in [0, 0.05) is 26.7 Å². The lowest BCUT2D eigenvalue weighted by Gasteiger charge is -2.37. The number of aromatic nitrogens is 4. The fourth-order valence-electron chi connectivity index (χ4n) is 5.29. The molecule has 1 N–H and O–H groups in total. The highest BCUT2D eigenvalue weighted by atomic mass is 127. The van der Waals surface area contributed by atoms with Crippen molar-refractivity contribution in [2.24, 2.45) is 0 Å². The fourth-order valence-corrected chi connectivity index (χ4v) is 5.50. The van der Waals surface area contributed by atoms with Crippen molar-refractivity contribution >= 4 is 51.4 Å². The van der Waals surface area contributed by atoms with Gasteiger partial charge in [-0.15, -0.1) is 34.7 Å². The molecule has 0 saturated carbocycles. The maximum absolute atomic E-state index is 6.77. The van der Waals surface area contributed by atoms with Crippen molar-refractivity contribution in [1.82, 2.24) is 24.3 Å². The van der Waals surface area contributed by atoms with Gasteiger partial charge in [-0.05, 0) is 24.5 Å². The Morgan fingerprint density at radius 1 is 1.12 bits per heavy atom. The molecule has 230 valence electrons. The number of fused-ring (bicyclic) bond motifs is 1. The minimum absolute atomic E-state index is 0.0209. The van der Waals surface area contributed by atoms with Crippen molar-refractivity contribution < 1.29 is 23.4 Å². The zero-order chi connectivity index (χ0) is 30.9. The Bertz CT molecular complexity index is 1320. The minimum atomic E-state index is -0.673. The summed E-state index contributed by atoms with van der Waals surface area (Å²) in [5, 5.41) is 3.39. The first-order valence-corrected chi connectivity index (χ1v) is 15.9. The number of ether oxygens (including phenoxy) is 2. The van der Waals surface area contributed by atoms with Crippen LogP contribution in [0.2, 0.25) is 6.82 Å². The molecule has 0 spiro atoms. The van der Waals surface area contributed by atoms with Crippen LogP contribution in [0.15, 0.2) is 43.0 Å². The molecule has 11 nitrogen and oxygen atoms in total. The Hall–Kier alpha value is -2.25. The molecule has 3 heterocycles. The smallest absolute Gasteiger partial charge is 0.423 e. The molecule has 3 aromatic rings. The molecule has 1 aromatic carbocycles. The van der Waals surface area contributed by atoms with Gasteiger partial charge in [0.2, 0.25) is 0 Å². The number of nitrogens with one attached hydrogen (secondary N) is 1. The lowest BCUT2D eigenvalue weighted by molar-refractivity contribution is -0.0559. The van der Waals surface area contributed by atoms with Crippen LogP contribution in [0.5, 0.6) is 0 Å². The van der Waals surface area contributed by atoms with E-state index in [2.05, 4.69) is 93.2 Å². The molecule has 1 fully saturated rings. The lowest BCUT2D eigenvalue weighted by atomic mass is 9.95. The summed E-state index contributed by atoms with van der Waals surface area (Å²) in [6, 6.07) is 10.4. The number of nitrogens with zero attached hydrogens (tertiary/aromatic N) is 5. The van der Waals surface area contributed by atoms with Crippen LogP contribution in [0.25, 0.3) is 11.2 Å². The van der Waals surface area contributed by atoms with Gasteiger partial charge >= 0.3 is 12.0 Å². The van der Waals surface area contributed by atoms with Gasteiger partial charge in [-0.1, -0.05) is 58.0 Å². The van der Waals surface area contributed by atoms with Crippen molar-refractivity contribution in [2.75, 3.05) is 25.6 Å². The topological polar surface area (TPSA) is 105 Å². The molecule has 4 rings (SSSR count). The van der Waals surface area contributed by atoms with Crippen LogP contribution in [0.1, 0.15) is 45.9 Å². The minimum Gasteiger partial charge on any atom is -0.423 e. The van der Waals surface area contributed by atoms with Crippen LogP contribution in [0.3, 0.4) is 0 Å². The van der Waals surface area contributed by atoms with E-state index in [1.54, 1.807) is 13.4 Å². The molecule has 1 saturated heterocycles. The van der Waals surface area contributed by atoms with E-state index in [0.29, 0.717) is 43.2 Å². The second kappa shape index (κ2) is 16.2. The maximum Gasteiger partial charge on any atom is 0.558 e. The summed E-state index contributed by atoms with van der Waals surface area (Å²) in [6.07, 6.45) is 7.13. The number of imidazole rings is 1. The first-order chi connectivity index (χ1) is 20.7. The standard InChI is InChI=1S/C29H41B2IN6O5/c1-8-9-15-40-31(38(20(2)3)21(4)5)43-25-23(17-41-30(6)32)42-29(26(25)39-7)37-19-36-24-27(34-18-35-28(24)37)33-16-22-13-11-10-12-14-22/h1,10-14,18-21,23,25-26,29H,9,15-17H2,2-7H3,(H,33,34,35). The third-order valence-corrected chi connectivity index (χ3v) is 7.56. The second-order valence-electron chi connectivity index (χ2n) is 10.9. The molecule has 1 aliphatic rings. The van der Waals surface area contributed by atoms with E-state index in [9.17, 15) is 0 Å². The third-order valence-electron chi connectivity index (χ3n) is 7.20. The molecule has 0 radical (unpaired) electrons. The van der Waals surface area contributed by atoms with Crippen LogP contribution < -0.4 is 5.32 Å². The number of terminal acetylenes is 1. The summed E-state index contributed by atoms with van der Waals surface area (Å²) in [4.78, 5) is 15.9. The number of anilines is 1. The molecule has 0 bridgehead atoms. The van der Waals surface area contributed by atoms with Crippen molar-refractivity contribution in [3.63, 3.8) is 0 Å². The van der Waals surface area contributed by atoms with E-state index in [-0.39, 0.29) is 16.9 Å². The van der Waals surface area contributed by atoms with Gasteiger partial charge in [0.05, 0.1) is 12.9 Å². The predicted octanol–water partition coefficient (Wildman–Crippen LogP) is 4.45. The van der Waals surface area contributed by atoms with E-state index in [1.165, 1.54) is 6.33 Å². The fraction of sp³-hybridized carbons (Fsp3) is 0.552. The zero-order valence-electron chi connectivity index (χ0n) is 25.7. The van der Waals surface area contributed by atoms with Crippen LogP contribution in [0, 0.1) is 12.3 Å². The highest BCUT2D eigenvalue weighted by Gasteiger charge is 2.50. The molecule has 4 atom stereocenters. The Labute approximate surface area is 268 Å². The summed E-state index contributed by atoms with van der Waals surface area (Å²) in [5.41, 5.74) is 2.39. The van der Waals surface area contributed by atoms with Gasteiger partial charge < -0.3 is 28.8 Å². The number of hydrogen-bond donors (Lipinski definition) is 1. The van der Waals surface area contributed by atoms with Gasteiger partial charge in [0.15, 0.2) is 23.2 Å². The Morgan fingerprint density at radius 2 is 1.86 bits per heavy atom. The quantitative estimate of drug-likeness (QED) is 0.0998. The van der Waals surface area contributed by atoms with E-state index < -0.39 is 31.8 Å². The summed E-state index contributed by atoms with van der Waals surface area (Å²) in [7, 11) is 0.980. The van der Waals surface area contributed by atoms with Gasteiger partial charge in [0.1, 0.15) is 24.6 Å². The maximum atomic E-state index is 6.77. The van der Waals surface area contributed by atoms with Gasteiger partial charge in [-0.2, -0.15) is 0 Å². The average Bonchev–Trinajstić information content (AvgIpc) is 3.56. The van der Waals surface area contributed by atoms with Crippen molar-refractivity contribution in [2.45, 2.75) is 84.1 Å². The van der Waals surface area contributed by atoms with E-state index >= 15 is 0 Å². The Balaban J connectivity index is 1.64. The normalized spacial score (nSPS) is 20.3. The number of methoxy groups -OCH3 is 1.